The highest BCUT2D eigenvalue weighted by molar-refractivity contribution is 9.09. The van der Waals surface area contributed by atoms with Crippen LogP contribution in [-0.2, 0) is 14.4 Å². The maximum Gasteiger partial charge on any atom is 0.251 e. The quantitative estimate of drug-likeness (QED) is 0.272. The number of rotatable bonds is 12. The second-order valence-corrected chi connectivity index (χ2v) is 13.9. The summed E-state index contributed by atoms with van der Waals surface area (Å²) in [5.74, 6) is -1.61. The van der Waals surface area contributed by atoms with Crippen molar-refractivity contribution in [3.63, 3.8) is 0 Å². The smallest absolute Gasteiger partial charge is 0.251 e. The van der Waals surface area contributed by atoms with E-state index < -0.39 is 28.7 Å². The molecule has 0 saturated carbocycles. The Morgan fingerprint density at radius 1 is 1.20 bits per heavy atom. The average molecular weight is 633 g/mol. The summed E-state index contributed by atoms with van der Waals surface area (Å²) in [6.45, 7) is 16.7. The number of amides is 3. The molecule has 3 aliphatic rings. The number of carbonyl (C=O) groups excluding carboxylic acids is 3. The van der Waals surface area contributed by atoms with Gasteiger partial charge in [0, 0.05) is 35.4 Å². The first-order valence-electron chi connectivity index (χ1n) is 14.3. The Morgan fingerprint density at radius 2 is 1.85 bits per heavy atom. The number of carbonyl (C=O) groups is 3. The number of benzene rings is 1. The summed E-state index contributed by atoms with van der Waals surface area (Å²) in [4.78, 5) is 48.6. The van der Waals surface area contributed by atoms with Crippen LogP contribution in [0.3, 0.4) is 0 Å². The largest absolute Gasteiger partial charge is 0.394 e. The minimum atomic E-state index is -0.812. The van der Waals surface area contributed by atoms with Gasteiger partial charge < -0.3 is 19.8 Å². The molecule has 218 valence electrons. The third-order valence-corrected chi connectivity index (χ3v) is 12.0. The van der Waals surface area contributed by atoms with Gasteiger partial charge in [0.2, 0.25) is 11.8 Å². The maximum atomic E-state index is 14.8. The van der Waals surface area contributed by atoms with Crippen molar-refractivity contribution < 1.29 is 19.5 Å². The number of nitrogens with zero attached hydrogens (tertiary/aromatic N) is 3. The second-order valence-electron chi connectivity index (χ2n) is 11.2. The van der Waals surface area contributed by atoms with E-state index in [0.29, 0.717) is 25.9 Å². The molecule has 3 amide bonds. The Hall–Kier alpha value is -2.10. The Balaban J connectivity index is 1.86. The maximum absolute atomic E-state index is 14.8. The predicted octanol–water partition coefficient (Wildman–Crippen LogP) is 4.48. The lowest BCUT2D eigenvalue weighted by atomic mass is 9.70. The van der Waals surface area contributed by atoms with Gasteiger partial charge in [-0.05, 0) is 44.2 Å². The van der Waals surface area contributed by atoms with Crippen molar-refractivity contribution >= 4 is 51.1 Å². The van der Waals surface area contributed by atoms with Crippen LogP contribution in [0.2, 0.25) is 0 Å². The van der Waals surface area contributed by atoms with Gasteiger partial charge in [0.15, 0.2) is 0 Å². The number of aliphatic hydroxyl groups excluding tert-OH is 1. The Labute approximate surface area is 251 Å². The van der Waals surface area contributed by atoms with Gasteiger partial charge in [0.25, 0.3) is 5.91 Å². The third-order valence-electron chi connectivity index (χ3n) is 8.76. The molecule has 1 aromatic carbocycles. The topological polar surface area (TPSA) is 81.2 Å². The summed E-state index contributed by atoms with van der Waals surface area (Å²) in [6, 6.07) is 4.60. The van der Waals surface area contributed by atoms with E-state index in [1.807, 2.05) is 45.9 Å². The van der Waals surface area contributed by atoms with E-state index in [0.717, 1.165) is 23.2 Å². The first-order valence-corrected chi connectivity index (χ1v) is 16.1. The van der Waals surface area contributed by atoms with Crippen LogP contribution < -0.4 is 4.90 Å². The highest BCUT2D eigenvalue weighted by Gasteiger charge is 2.76. The average Bonchev–Trinajstić information content (AvgIpc) is 3.51. The van der Waals surface area contributed by atoms with Gasteiger partial charge in [-0.15, -0.1) is 24.9 Å². The number of halogens is 1. The molecule has 2 bridgehead atoms. The summed E-state index contributed by atoms with van der Waals surface area (Å²) in [5, 5.41) is 10.3. The summed E-state index contributed by atoms with van der Waals surface area (Å²) >= 11 is 5.49. The molecule has 9 heteroatoms. The number of thioether (sulfide) groups is 1. The normalized spacial score (nSPS) is 29.3. The van der Waals surface area contributed by atoms with Gasteiger partial charge in [-0.25, -0.2) is 0 Å². The highest BCUT2D eigenvalue weighted by atomic mass is 79.9. The molecule has 3 aliphatic heterocycles. The minimum Gasteiger partial charge on any atom is -0.394 e. The molecule has 1 aromatic rings. The number of para-hydroxylation sites is 1. The fourth-order valence-electron chi connectivity index (χ4n) is 7.16. The zero-order valence-corrected chi connectivity index (χ0v) is 26.4. The lowest BCUT2D eigenvalue weighted by molar-refractivity contribution is -0.145. The van der Waals surface area contributed by atoms with E-state index in [4.69, 9.17) is 0 Å². The number of aryl methyl sites for hydroxylation is 2. The van der Waals surface area contributed by atoms with Gasteiger partial charge >= 0.3 is 0 Å². The van der Waals surface area contributed by atoms with Crippen molar-refractivity contribution in [1.82, 2.24) is 9.80 Å². The molecule has 1 spiro atoms. The molecule has 0 aromatic heterocycles. The number of hydrogen-bond donors (Lipinski definition) is 1. The zero-order chi connectivity index (χ0) is 29.4. The number of fused-ring (bicyclic) bond motifs is 1. The molecular weight excluding hydrogens is 590 g/mol. The lowest BCUT2D eigenvalue weighted by Gasteiger charge is -2.40. The first-order chi connectivity index (χ1) is 19.1. The van der Waals surface area contributed by atoms with Crippen molar-refractivity contribution in [2.45, 2.75) is 73.9 Å². The highest BCUT2D eigenvalue weighted by Crippen LogP contribution is 2.68. The fourth-order valence-corrected chi connectivity index (χ4v) is 10.8. The van der Waals surface area contributed by atoms with E-state index in [2.05, 4.69) is 29.1 Å². The van der Waals surface area contributed by atoms with Gasteiger partial charge in [-0.2, -0.15) is 0 Å². The standard InChI is InChI=1S/C31H42BrN3O4S/c1-7-14-33(15-8-2)28(37)23-24-29(38)35(21(10-4)18-36)27(31(24)17-22(32)26(23)40-31)30(39)34(16-9-3)25-19(5)12-11-13-20(25)6/h7,9,11-13,21-24,26-27,36H,1,3,8,10,14-18H2,2,4-6H3/t21-,22?,23-,24-,26-,27?,31?/m0/s1. The van der Waals surface area contributed by atoms with Crippen LogP contribution in [0.25, 0.3) is 0 Å². The molecule has 1 N–H and O–H groups in total. The molecule has 3 fully saturated rings. The molecule has 3 heterocycles. The molecule has 0 radical (unpaired) electrons. The van der Waals surface area contributed by atoms with Crippen molar-refractivity contribution in [1.29, 1.82) is 0 Å². The zero-order valence-electron chi connectivity index (χ0n) is 24.0. The Bertz CT molecular complexity index is 1150. The van der Waals surface area contributed by atoms with E-state index in [-0.39, 0.29) is 41.0 Å². The molecule has 40 heavy (non-hydrogen) atoms. The molecule has 0 aliphatic carbocycles. The van der Waals surface area contributed by atoms with Crippen LogP contribution in [-0.4, -0.2) is 85.8 Å². The van der Waals surface area contributed by atoms with E-state index >= 15 is 0 Å². The van der Waals surface area contributed by atoms with Crippen molar-refractivity contribution in [3.8, 4) is 0 Å². The van der Waals surface area contributed by atoms with Gasteiger partial charge in [-0.3, -0.25) is 14.4 Å². The number of likely N-dealkylation sites (tertiary alicyclic amines) is 1. The lowest BCUT2D eigenvalue weighted by Crippen LogP contribution is -2.58. The monoisotopic (exact) mass is 631 g/mol. The molecule has 4 rings (SSSR count). The molecule has 7 nitrogen and oxygen atoms in total. The SMILES string of the molecule is C=CCN(CCC)C(=O)[C@H]1[C@H]2C(=O)N([C@@H](CC)CO)C(C(=O)N(CC=C)c3c(C)cccc3C)C23CC(Br)[C@@H]1S3. The summed E-state index contributed by atoms with van der Waals surface area (Å²) < 4.78 is -0.780. The van der Waals surface area contributed by atoms with E-state index in [1.54, 1.807) is 38.6 Å². The third kappa shape index (κ3) is 4.86. The van der Waals surface area contributed by atoms with Crippen LogP contribution in [0, 0.1) is 25.7 Å². The van der Waals surface area contributed by atoms with Crippen LogP contribution in [0.1, 0.15) is 44.2 Å². The van der Waals surface area contributed by atoms with Gasteiger partial charge in [0.05, 0.1) is 29.2 Å². The van der Waals surface area contributed by atoms with Crippen LogP contribution in [0.4, 0.5) is 5.69 Å². The molecule has 3 unspecified atom stereocenters. The second kappa shape index (κ2) is 12.4. The van der Waals surface area contributed by atoms with E-state index in [1.165, 1.54) is 0 Å². The van der Waals surface area contributed by atoms with Gasteiger partial charge in [0.1, 0.15) is 6.04 Å². The first kappa shape index (κ1) is 30.8. The summed E-state index contributed by atoms with van der Waals surface area (Å²) in [5.41, 5.74) is 2.74. The number of anilines is 1. The Morgan fingerprint density at radius 3 is 2.40 bits per heavy atom. The van der Waals surface area contributed by atoms with E-state index in [9.17, 15) is 19.5 Å². The molecule has 3 saturated heterocycles. The van der Waals surface area contributed by atoms with Crippen molar-refractivity contribution in [2.24, 2.45) is 11.8 Å². The molecule has 7 atom stereocenters. The van der Waals surface area contributed by atoms with Gasteiger partial charge in [-0.1, -0.05) is 60.1 Å². The number of aliphatic hydroxyl groups is 1. The predicted molar refractivity (Wildman–Crippen MR) is 166 cm³/mol. The summed E-state index contributed by atoms with van der Waals surface area (Å²) in [6.07, 6.45) is 5.33. The minimum absolute atomic E-state index is 0.0137. The van der Waals surface area contributed by atoms with Crippen LogP contribution in [0.15, 0.2) is 43.5 Å². The number of hydrogen-bond acceptors (Lipinski definition) is 5. The van der Waals surface area contributed by atoms with Crippen LogP contribution >= 0.6 is 27.7 Å². The Kier molecular flexibility index (Phi) is 9.57. The summed E-state index contributed by atoms with van der Waals surface area (Å²) in [7, 11) is 0. The van der Waals surface area contributed by atoms with Crippen molar-refractivity contribution in [3.05, 3.63) is 54.6 Å². The number of alkyl halides is 1. The van der Waals surface area contributed by atoms with Crippen molar-refractivity contribution in [2.75, 3.05) is 31.1 Å². The fraction of sp³-hybridized carbons (Fsp3) is 0.581. The molecular formula is C31H42BrN3O4S. The van der Waals surface area contributed by atoms with Crippen LogP contribution in [0.5, 0.6) is 0 Å².